The Bertz CT molecular complexity index is 1390. The van der Waals surface area contributed by atoms with E-state index in [2.05, 4.69) is 15.6 Å². The zero-order valence-corrected chi connectivity index (χ0v) is 21.6. The Labute approximate surface area is 216 Å². The van der Waals surface area contributed by atoms with Gasteiger partial charge < -0.3 is 14.8 Å². The summed E-state index contributed by atoms with van der Waals surface area (Å²) in [7, 11) is 3.13. The Morgan fingerprint density at radius 3 is 2.32 bits per heavy atom. The normalized spacial score (nSPS) is 12.1. The van der Waals surface area contributed by atoms with E-state index in [1.807, 2.05) is 51.1 Å². The van der Waals surface area contributed by atoms with E-state index >= 15 is 0 Å². The number of carbonyl (C=O) groups is 2. The van der Waals surface area contributed by atoms with Gasteiger partial charge in [-0.1, -0.05) is 29.5 Å². The zero-order valence-electron chi connectivity index (χ0n) is 21.6. The van der Waals surface area contributed by atoms with E-state index < -0.39 is 11.6 Å². The van der Waals surface area contributed by atoms with Crippen LogP contribution in [-0.4, -0.2) is 46.6 Å². The molecule has 3 aromatic carbocycles. The molecule has 0 spiro atoms. The third-order valence-corrected chi connectivity index (χ3v) is 5.74. The minimum absolute atomic E-state index is 0.115. The fourth-order valence-corrected chi connectivity index (χ4v) is 4.09. The van der Waals surface area contributed by atoms with Gasteiger partial charge in [0.1, 0.15) is 29.6 Å². The number of aromatic nitrogens is 3. The van der Waals surface area contributed by atoms with Crippen LogP contribution in [0.1, 0.15) is 32.4 Å². The number of nitrogens with one attached hydrogen (secondary N) is 1. The molecule has 0 aliphatic rings. The second kappa shape index (κ2) is 10.7. The molecule has 0 bridgehead atoms. The third kappa shape index (κ3) is 5.88. The predicted molar refractivity (Wildman–Crippen MR) is 142 cm³/mol. The van der Waals surface area contributed by atoms with Crippen LogP contribution in [0, 0.1) is 0 Å². The van der Waals surface area contributed by atoms with Gasteiger partial charge in [-0.15, -0.1) is 5.10 Å². The summed E-state index contributed by atoms with van der Waals surface area (Å²) in [6.45, 7) is 5.58. The lowest BCUT2D eigenvalue weighted by Crippen LogP contribution is -2.50. The van der Waals surface area contributed by atoms with E-state index in [0.29, 0.717) is 28.3 Å². The Morgan fingerprint density at radius 1 is 0.946 bits per heavy atom. The first kappa shape index (κ1) is 25.7. The van der Waals surface area contributed by atoms with Gasteiger partial charge >= 0.3 is 0 Å². The molecule has 1 aromatic heterocycles. The van der Waals surface area contributed by atoms with Gasteiger partial charge in [-0.2, -0.15) is 0 Å². The lowest BCUT2D eigenvalue weighted by Gasteiger charge is -2.34. The predicted octanol–water partition coefficient (Wildman–Crippen LogP) is 4.14. The summed E-state index contributed by atoms with van der Waals surface area (Å²) < 4.78 is 12.3. The Balaban J connectivity index is 1.83. The van der Waals surface area contributed by atoms with Crippen molar-refractivity contribution in [3.8, 4) is 11.5 Å². The second-order valence-electron chi connectivity index (χ2n) is 9.62. The van der Waals surface area contributed by atoms with Crippen molar-refractivity contribution in [1.82, 2.24) is 20.3 Å². The van der Waals surface area contributed by atoms with E-state index in [-0.39, 0.29) is 18.4 Å². The maximum Gasteiger partial charge on any atom is 0.249 e. The van der Waals surface area contributed by atoms with Gasteiger partial charge in [0, 0.05) is 11.2 Å². The molecule has 4 aromatic rings. The van der Waals surface area contributed by atoms with E-state index in [4.69, 9.17) is 9.47 Å². The smallest absolute Gasteiger partial charge is 0.249 e. The molecule has 9 heteroatoms. The van der Waals surface area contributed by atoms with Gasteiger partial charge in [-0.3, -0.25) is 14.5 Å². The number of methoxy groups -OCH3 is 2. The van der Waals surface area contributed by atoms with Crippen molar-refractivity contribution in [2.75, 3.05) is 19.1 Å². The molecule has 0 aliphatic carbocycles. The molecule has 1 N–H and O–H groups in total. The van der Waals surface area contributed by atoms with Crippen molar-refractivity contribution in [3.05, 3.63) is 78.4 Å². The standard InChI is InChI=1S/C28H31N5O4/c1-28(2,3)29-27(35)26(19-9-8-10-22(17-19)37-5)33(20-13-15-21(36-4)16-14-20)25(34)18-32-24-12-7-6-11-23(24)30-31-32/h6-17,26H,18H2,1-5H3,(H,29,35)/t26-/m0/s1. The number of hydrogen-bond donors (Lipinski definition) is 1. The quantitative estimate of drug-likeness (QED) is 0.390. The highest BCUT2D eigenvalue weighted by Gasteiger charge is 2.35. The number of ether oxygens (including phenoxy) is 2. The number of amides is 2. The molecule has 0 unspecified atom stereocenters. The first-order valence-electron chi connectivity index (χ1n) is 11.9. The molecule has 0 aliphatic heterocycles. The molecule has 1 heterocycles. The topological polar surface area (TPSA) is 98.6 Å². The van der Waals surface area contributed by atoms with Crippen LogP contribution in [0.15, 0.2) is 72.8 Å². The maximum absolute atomic E-state index is 14.0. The Kier molecular flexibility index (Phi) is 7.42. The van der Waals surface area contributed by atoms with Crippen LogP contribution >= 0.6 is 0 Å². The maximum atomic E-state index is 14.0. The van der Waals surface area contributed by atoms with Crippen LogP contribution < -0.4 is 19.7 Å². The molecule has 192 valence electrons. The van der Waals surface area contributed by atoms with Gasteiger partial charge in [0.15, 0.2) is 0 Å². The summed E-state index contributed by atoms with van der Waals surface area (Å²) in [5, 5.41) is 11.4. The monoisotopic (exact) mass is 501 g/mol. The van der Waals surface area contributed by atoms with Gasteiger partial charge in [0.05, 0.1) is 19.7 Å². The highest BCUT2D eigenvalue weighted by Crippen LogP contribution is 2.32. The molecule has 9 nitrogen and oxygen atoms in total. The summed E-state index contributed by atoms with van der Waals surface area (Å²) >= 11 is 0. The molecule has 2 amide bonds. The van der Waals surface area contributed by atoms with Crippen molar-refractivity contribution < 1.29 is 19.1 Å². The molecule has 0 fully saturated rings. The van der Waals surface area contributed by atoms with Crippen molar-refractivity contribution >= 4 is 28.5 Å². The fraction of sp³-hybridized carbons (Fsp3) is 0.286. The number of benzene rings is 3. The highest BCUT2D eigenvalue weighted by molar-refractivity contribution is 6.01. The highest BCUT2D eigenvalue weighted by atomic mass is 16.5. The third-order valence-electron chi connectivity index (χ3n) is 5.74. The number of rotatable bonds is 8. The number of carbonyl (C=O) groups excluding carboxylic acids is 2. The summed E-state index contributed by atoms with van der Waals surface area (Å²) in [5.74, 6) is 0.553. The van der Waals surface area contributed by atoms with E-state index in [1.165, 1.54) is 4.90 Å². The summed E-state index contributed by atoms with van der Waals surface area (Å²) in [6, 6.07) is 20.6. The van der Waals surface area contributed by atoms with Crippen LogP contribution in [0.4, 0.5) is 5.69 Å². The van der Waals surface area contributed by atoms with Gasteiger partial charge in [0.2, 0.25) is 11.8 Å². The summed E-state index contributed by atoms with van der Waals surface area (Å²) in [6.07, 6.45) is 0. The Morgan fingerprint density at radius 2 is 1.65 bits per heavy atom. The van der Waals surface area contributed by atoms with Crippen LogP contribution in [0.25, 0.3) is 11.0 Å². The fourth-order valence-electron chi connectivity index (χ4n) is 4.09. The van der Waals surface area contributed by atoms with Crippen LogP contribution in [0.5, 0.6) is 11.5 Å². The number of fused-ring (bicyclic) bond motifs is 1. The first-order chi connectivity index (χ1) is 17.7. The molecular weight excluding hydrogens is 470 g/mol. The Hall–Kier alpha value is -4.40. The molecule has 0 saturated heterocycles. The molecule has 0 radical (unpaired) electrons. The van der Waals surface area contributed by atoms with E-state index in [9.17, 15) is 9.59 Å². The number of nitrogens with zero attached hydrogens (tertiary/aromatic N) is 4. The summed E-state index contributed by atoms with van der Waals surface area (Å²) in [5.41, 5.74) is 2.02. The van der Waals surface area contributed by atoms with E-state index in [1.54, 1.807) is 61.4 Å². The minimum Gasteiger partial charge on any atom is -0.497 e. The first-order valence-corrected chi connectivity index (χ1v) is 11.9. The molecule has 0 saturated carbocycles. The number of para-hydroxylation sites is 1. The number of hydrogen-bond acceptors (Lipinski definition) is 6. The average Bonchev–Trinajstić information content (AvgIpc) is 3.28. The molecule has 37 heavy (non-hydrogen) atoms. The van der Waals surface area contributed by atoms with Crippen LogP contribution in [0.2, 0.25) is 0 Å². The van der Waals surface area contributed by atoms with Crippen molar-refractivity contribution in [1.29, 1.82) is 0 Å². The lowest BCUT2D eigenvalue weighted by molar-refractivity contribution is -0.128. The van der Waals surface area contributed by atoms with Crippen LogP contribution in [-0.2, 0) is 16.1 Å². The second-order valence-corrected chi connectivity index (χ2v) is 9.62. The number of anilines is 1. The SMILES string of the molecule is COc1ccc(N(C(=O)Cn2nnc3ccccc32)[C@H](C(=O)NC(C)(C)C)c2cccc(OC)c2)cc1. The molecule has 1 atom stereocenters. The summed E-state index contributed by atoms with van der Waals surface area (Å²) in [4.78, 5) is 29.3. The molecule has 4 rings (SSSR count). The van der Waals surface area contributed by atoms with Gasteiger partial charge in [-0.05, 0) is 74.9 Å². The van der Waals surface area contributed by atoms with Gasteiger partial charge in [-0.25, -0.2) is 4.68 Å². The van der Waals surface area contributed by atoms with Crippen molar-refractivity contribution in [3.63, 3.8) is 0 Å². The van der Waals surface area contributed by atoms with Crippen LogP contribution in [0.3, 0.4) is 0 Å². The zero-order chi connectivity index (χ0) is 26.6. The van der Waals surface area contributed by atoms with Crippen molar-refractivity contribution in [2.45, 2.75) is 38.9 Å². The van der Waals surface area contributed by atoms with Crippen molar-refractivity contribution in [2.24, 2.45) is 0 Å². The minimum atomic E-state index is -0.981. The van der Waals surface area contributed by atoms with Gasteiger partial charge in [0.25, 0.3) is 0 Å². The largest absolute Gasteiger partial charge is 0.497 e. The average molecular weight is 502 g/mol. The lowest BCUT2D eigenvalue weighted by atomic mass is 10.0. The van der Waals surface area contributed by atoms with E-state index in [0.717, 1.165) is 5.52 Å². The molecular formula is C28H31N5O4.